The highest BCUT2D eigenvalue weighted by molar-refractivity contribution is 6.23. The van der Waals surface area contributed by atoms with Gasteiger partial charge in [0.1, 0.15) is 5.60 Å². The average Bonchev–Trinajstić information content (AvgIpc) is 3.36. The molecule has 3 aliphatic heterocycles. The summed E-state index contributed by atoms with van der Waals surface area (Å²) in [6.07, 6.45) is -2.48. The highest BCUT2D eigenvalue weighted by atomic mass is 19.4. The van der Waals surface area contributed by atoms with E-state index < -0.39 is 52.2 Å². The Hall–Kier alpha value is -2.44. The summed E-state index contributed by atoms with van der Waals surface area (Å²) in [5.74, 6) is -2.25. The van der Waals surface area contributed by atoms with Gasteiger partial charge in [0.25, 0.3) is 0 Å². The second-order valence-electron chi connectivity index (χ2n) is 9.37. The molecule has 5 rings (SSSR count). The summed E-state index contributed by atoms with van der Waals surface area (Å²) >= 11 is 0. The number of benzene rings is 1. The molecule has 4 aliphatic rings. The van der Waals surface area contributed by atoms with E-state index in [0.29, 0.717) is 25.0 Å². The fourth-order valence-electron chi connectivity index (χ4n) is 5.52. The first-order chi connectivity index (χ1) is 14.5. The Balaban J connectivity index is 0.00000245. The summed E-state index contributed by atoms with van der Waals surface area (Å²) in [6, 6.07) is 4.40. The van der Waals surface area contributed by atoms with Crippen LogP contribution in [0.15, 0.2) is 18.2 Å². The molecule has 0 unspecified atom stereocenters. The van der Waals surface area contributed by atoms with Gasteiger partial charge in [0.2, 0.25) is 11.8 Å². The van der Waals surface area contributed by atoms with Crippen molar-refractivity contribution in [3.8, 4) is 6.07 Å². The van der Waals surface area contributed by atoms with Crippen LogP contribution in [0, 0.1) is 29.1 Å². The summed E-state index contributed by atoms with van der Waals surface area (Å²) in [5, 5.41) is 9.01. The van der Waals surface area contributed by atoms with Crippen molar-refractivity contribution in [2.24, 2.45) is 17.8 Å². The maximum Gasteiger partial charge on any atom is 0.417 e. The minimum Gasteiger partial charge on any atom is -0.375 e. The van der Waals surface area contributed by atoms with Gasteiger partial charge in [-0.25, -0.2) is 4.90 Å². The summed E-state index contributed by atoms with van der Waals surface area (Å²) in [7, 11) is 0. The van der Waals surface area contributed by atoms with Crippen molar-refractivity contribution in [3.05, 3.63) is 29.3 Å². The van der Waals surface area contributed by atoms with Crippen LogP contribution in [0.4, 0.5) is 18.9 Å². The molecule has 0 N–H and O–H groups in total. The molecule has 2 amide bonds. The van der Waals surface area contributed by atoms with Gasteiger partial charge in [0.15, 0.2) is 0 Å². The third kappa shape index (κ3) is 3.07. The number of rotatable bonds is 4. The van der Waals surface area contributed by atoms with Crippen LogP contribution in [0.25, 0.3) is 0 Å². The normalized spacial score (nSPS) is 35.6. The zero-order chi connectivity index (χ0) is 22.3. The highest BCUT2D eigenvalue weighted by Gasteiger charge is 2.76. The number of imide groups is 1. The molecule has 3 heterocycles. The lowest BCUT2D eigenvalue weighted by Gasteiger charge is -2.35. The van der Waals surface area contributed by atoms with E-state index in [2.05, 4.69) is 0 Å². The van der Waals surface area contributed by atoms with Crippen molar-refractivity contribution < 1.29 is 32.2 Å². The zero-order valence-electron chi connectivity index (χ0n) is 17.0. The molecule has 172 valence electrons. The lowest BCUT2D eigenvalue weighted by molar-refractivity contribution is -0.138. The van der Waals surface area contributed by atoms with E-state index in [4.69, 9.17) is 14.7 Å². The van der Waals surface area contributed by atoms with Crippen molar-refractivity contribution >= 4 is 17.5 Å². The van der Waals surface area contributed by atoms with Gasteiger partial charge in [-0.15, -0.1) is 0 Å². The summed E-state index contributed by atoms with van der Waals surface area (Å²) in [4.78, 5) is 27.5. The van der Waals surface area contributed by atoms with Crippen LogP contribution in [0.2, 0.25) is 0 Å². The Morgan fingerprint density at radius 2 is 1.88 bits per heavy atom. The van der Waals surface area contributed by atoms with E-state index in [1.807, 2.05) is 0 Å². The number of halogens is 3. The van der Waals surface area contributed by atoms with E-state index in [1.54, 1.807) is 13.8 Å². The molecule has 1 aromatic rings. The van der Waals surface area contributed by atoms with Gasteiger partial charge < -0.3 is 9.47 Å². The predicted octanol–water partition coefficient (Wildman–Crippen LogP) is 4.07. The summed E-state index contributed by atoms with van der Waals surface area (Å²) in [6.45, 7) is 4.10. The van der Waals surface area contributed by atoms with Gasteiger partial charge in [-0.2, -0.15) is 18.4 Å². The Kier molecular flexibility index (Phi) is 4.99. The Morgan fingerprint density at radius 1 is 1.22 bits per heavy atom. The Labute approximate surface area is 184 Å². The molecule has 0 aromatic heterocycles. The molecule has 5 atom stereocenters. The van der Waals surface area contributed by atoms with Crippen LogP contribution in [0.1, 0.15) is 51.7 Å². The second kappa shape index (κ2) is 7.03. The largest absolute Gasteiger partial charge is 0.417 e. The Morgan fingerprint density at radius 3 is 2.47 bits per heavy atom. The van der Waals surface area contributed by atoms with E-state index in [9.17, 15) is 22.8 Å². The Bertz CT molecular complexity index is 1030. The van der Waals surface area contributed by atoms with Gasteiger partial charge in [-0.1, -0.05) is 7.43 Å². The van der Waals surface area contributed by atoms with Gasteiger partial charge in [-0.05, 0) is 50.8 Å². The van der Waals surface area contributed by atoms with Gasteiger partial charge in [-0.3, -0.25) is 9.59 Å². The number of hydrogen-bond donors (Lipinski definition) is 0. The van der Waals surface area contributed by atoms with Gasteiger partial charge >= 0.3 is 6.18 Å². The van der Waals surface area contributed by atoms with Crippen molar-refractivity contribution in [3.63, 3.8) is 0 Å². The molecule has 2 bridgehead atoms. The summed E-state index contributed by atoms with van der Waals surface area (Å²) < 4.78 is 52.5. The molecule has 32 heavy (non-hydrogen) atoms. The van der Waals surface area contributed by atoms with Crippen molar-refractivity contribution in [1.82, 2.24) is 0 Å². The quantitative estimate of drug-likeness (QED) is 0.647. The van der Waals surface area contributed by atoms with Gasteiger partial charge in [0.05, 0.1) is 46.4 Å². The number of ether oxygens (including phenoxy) is 2. The topological polar surface area (TPSA) is 79.6 Å². The lowest BCUT2D eigenvalue weighted by atomic mass is 9.67. The van der Waals surface area contributed by atoms with Crippen LogP contribution < -0.4 is 4.90 Å². The van der Waals surface area contributed by atoms with Gasteiger partial charge in [0, 0.05) is 13.0 Å². The molecule has 1 aliphatic carbocycles. The van der Waals surface area contributed by atoms with Crippen LogP contribution in [0.3, 0.4) is 0 Å². The minimum absolute atomic E-state index is 0. The highest BCUT2D eigenvalue weighted by Crippen LogP contribution is 2.62. The molecule has 0 radical (unpaired) electrons. The minimum atomic E-state index is -4.79. The molecule has 3 saturated heterocycles. The van der Waals surface area contributed by atoms with E-state index in [-0.39, 0.29) is 19.2 Å². The maximum atomic E-state index is 13.4. The average molecular weight is 450 g/mol. The number of carbonyl (C=O) groups is 2. The van der Waals surface area contributed by atoms with E-state index >= 15 is 0 Å². The number of anilines is 1. The van der Waals surface area contributed by atoms with E-state index in [1.165, 1.54) is 12.1 Å². The number of amides is 2. The number of nitriles is 1. The zero-order valence-corrected chi connectivity index (χ0v) is 17.0. The smallest absolute Gasteiger partial charge is 0.375 e. The predicted molar refractivity (Wildman–Crippen MR) is 107 cm³/mol. The molecule has 1 aromatic carbocycles. The number of alkyl halides is 3. The van der Waals surface area contributed by atoms with Crippen molar-refractivity contribution in [1.29, 1.82) is 5.26 Å². The number of hydrogen-bond acceptors (Lipinski definition) is 5. The third-order valence-electron chi connectivity index (χ3n) is 7.18. The molecular formula is C23H25F3N2O4. The fourth-order valence-corrected chi connectivity index (χ4v) is 5.52. The lowest BCUT2D eigenvalue weighted by Crippen LogP contribution is -2.50. The van der Waals surface area contributed by atoms with E-state index in [0.717, 1.165) is 23.8 Å². The number of nitrogens with zero attached hydrogens (tertiary/aromatic N) is 2. The first-order valence-electron chi connectivity index (χ1n) is 10.3. The molecular weight excluding hydrogens is 425 g/mol. The molecule has 1 saturated carbocycles. The number of carbonyl (C=O) groups excluding carboxylic acids is 2. The first kappa shape index (κ1) is 22.7. The third-order valence-corrected chi connectivity index (χ3v) is 7.18. The van der Waals surface area contributed by atoms with Crippen LogP contribution in [-0.4, -0.2) is 35.7 Å². The monoisotopic (exact) mass is 450 g/mol. The fraction of sp³-hybridized carbons (Fsp3) is 0.609. The SMILES string of the molecule is C.C[C@]12O[C@](C)(C[C@@H]1OCC1CC1)[C@H]1C(=O)N(c3ccc(C#N)c(C(F)(F)F)c3)C(=O)[C@H]12. The number of fused-ring (bicyclic) bond motifs is 5. The van der Waals surface area contributed by atoms with Crippen LogP contribution in [0.5, 0.6) is 0 Å². The van der Waals surface area contributed by atoms with Crippen LogP contribution in [-0.2, 0) is 25.2 Å². The standard InChI is InChI=1S/C22H21F3N2O4.CH4/c1-20-8-15(30-10-11-3-4-11)21(2,31-20)17-16(20)18(28)27(19(17)29)13-6-5-12(9-26)14(7-13)22(23,24)25;/h5-7,11,15-17H,3-4,8,10H2,1-2H3;1H4/t15-,16+,17-,20+,21-;/m0./s1. The molecule has 6 nitrogen and oxygen atoms in total. The van der Waals surface area contributed by atoms with Crippen LogP contribution >= 0.6 is 0 Å². The first-order valence-corrected chi connectivity index (χ1v) is 10.3. The molecule has 0 spiro atoms. The maximum absolute atomic E-state index is 13.4. The molecule has 4 fully saturated rings. The molecule has 9 heteroatoms. The second-order valence-corrected chi connectivity index (χ2v) is 9.37. The van der Waals surface area contributed by atoms with Crippen molar-refractivity contribution in [2.75, 3.05) is 11.5 Å². The van der Waals surface area contributed by atoms with Crippen molar-refractivity contribution in [2.45, 2.75) is 64.0 Å². The summed E-state index contributed by atoms with van der Waals surface area (Å²) in [5.41, 5.74) is -3.86.